The Morgan fingerprint density at radius 3 is 2.42 bits per heavy atom. The number of piperidine rings is 1. The van der Waals surface area contributed by atoms with Crippen LogP contribution in [0.4, 0.5) is 19.3 Å². The third-order valence-corrected chi connectivity index (χ3v) is 3.61. The van der Waals surface area contributed by atoms with Crippen LogP contribution >= 0.6 is 0 Å². The van der Waals surface area contributed by atoms with Gasteiger partial charge >= 0.3 is 6.03 Å². The van der Waals surface area contributed by atoms with Gasteiger partial charge in [0.25, 0.3) is 5.91 Å². The lowest BCUT2D eigenvalue weighted by Crippen LogP contribution is -2.39. The molecule has 2 fully saturated rings. The van der Waals surface area contributed by atoms with E-state index < -0.39 is 35.3 Å². The first-order valence-electron chi connectivity index (χ1n) is 6.20. The Balaban J connectivity index is 2.06. The number of hydrogen-bond acceptors (Lipinski definition) is 2. The van der Waals surface area contributed by atoms with Gasteiger partial charge in [-0.2, -0.15) is 0 Å². The molecule has 0 N–H and O–H groups in total. The molecular formula is C13H12F2N2O2. The molecule has 3 amide bonds. The molecule has 6 heteroatoms. The molecule has 4 nitrogen and oxygen atoms in total. The Labute approximate surface area is 108 Å². The fourth-order valence-corrected chi connectivity index (χ4v) is 2.70. The summed E-state index contributed by atoms with van der Waals surface area (Å²) >= 11 is 0. The number of urea groups is 1. The van der Waals surface area contributed by atoms with Gasteiger partial charge in [0.1, 0.15) is 23.4 Å². The Morgan fingerprint density at radius 2 is 1.79 bits per heavy atom. The van der Waals surface area contributed by atoms with Gasteiger partial charge in [-0.1, -0.05) is 6.07 Å². The number of carbonyl (C=O) groups is 2. The van der Waals surface area contributed by atoms with Crippen LogP contribution in [0.3, 0.4) is 0 Å². The fraction of sp³-hybridized carbons (Fsp3) is 0.385. The molecule has 0 saturated carbocycles. The van der Waals surface area contributed by atoms with Gasteiger partial charge in [0.05, 0.1) is 0 Å². The molecule has 0 aromatic heterocycles. The third kappa shape index (κ3) is 1.70. The molecule has 2 saturated heterocycles. The molecule has 100 valence electrons. The number of imide groups is 1. The molecule has 1 aromatic rings. The number of fused-ring (bicyclic) bond motifs is 1. The number of nitrogens with zero attached hydrogens (tertiary/aromatic N) is 2. The number of halogens is 2. The summed E-state index contributed by atoms with van der Waals surface area (Å²) < 4.78 is 27.4. The topological polar surface area (TPSA) is 40.6 Å². The molecule has 0 unspecified atom stereocenters. The SMILES string of the molecule is O=C1[C@@H]2CCCCN2C(=O)N1c1c(F)cccc1F. The first-order valence-corrected chi connectivity index (χ1v) is 6.20. The van der Waals surface area contributed by atoms with E-state index in [1.54, 1.807) is 0 Å². The van der Waals surface area contributed by atoms with Crippen molar-refractivity contribution >= 4 is 17.6 Å². The normalized spacial score (nSPS) is 22.9. The fourth-order valence-electron chi connectivity index (χ4n) is 2.70. The first-order chi connectivity index (χ1) is 9.11. The van der Waals surface area contributed by atoms with Crippen molar-refractivity contribution in [1.29, 1.82) is 0 Å². The van der Waals surface area contributed by atoms with Crippen molar-refractivity contribution in [3.05, 3.63) is 29.8 Å². The van der Waals surface area contributed by atoms with E-state index >= 15 is 0 Å². The molecule has 1 atom stereocenters. The van der Waals surface area contributed by atoms with Gasteiger partial charge in [0.2, 0.25) is 0 Å². The zero-order valence-electron chi connectivity index (χ0n) is 10.1. The van der Waals surface area contributed by atoms with Crippen LogP contribution in [0.5, 0.6) is 0 Å². The highest BCUT2D eigenvalue weighted by Crippen LogP contribution is 2.33. The Kier molecular flexibility index (Phi) is 2.73. The van der Waals surface area contributed by atoms with Crippen LogP contribution in [-0.2, 0) is 4.79 Å². The van der Waals surface area contributed by atoms with Gasteiger partial charge in [-0.15, -0.1) is 0 Å². The van der Waals surface area contributed by atoms with Crippen LogP contribution in [0.15, 0.2) is 18.2 Å². The van der Waals surface area contributed by atoms with Gasteiger partial charge in [-0.05, 0) is 31.4 Å². The van der Waals surface area contributed by atoms with E-state index in [2.05, 4.69) is 0 Å². The van der Waals surface area contributed by atoms with E-state index in [0.717, 1.165) is 25.0 Å². The highest BCUT2D eigenvalue weighted by Gasteiger charge is 2.48. The third-order valence-electron chi connectivity index (χ3n) is 3.61. The van der Waals surface area contributed by atoms with E-state index in [-0.39, 0.29) is 0 Å². The van der Waals surface area contributed by atoms with Crippen molar-refractivity contribution in [3.63, 3.8) is 0 Å². The molecule has 2 aliphatic rings. The number of amides is 3. The number of hydrogen-bond donors (Lipinski definition) is 0. The molecule has 3 rings (SSSR count). The second-order valence-corrected chi connectivity index (χ2v) is 4.73. The lowest BCUT2D eigenvalue weighted by Gasteiger charge is -2.25. The van der Waals surface area contributed by atoms with Crippen molar-refractivity contribution in [2.75, 3.05) is 11.4 Å². The van der Waals surface area contributed by atoms with Crippen LogP contribution in [0.2, 0.25) is 0 Å². The zero-order chi connectivity index (χ0) is 13.6. The maximum atomic E-state index is 13.7. The van der Waals surface area contributed by atoms with Crippen LogP contribution in [-0.4, -0.2) is 29.4 Å². The molecule has 0 radical (unpaired) electrons. The van der Waals surface area contributed by atoms with Crippen molar-refractivity contribution in [2.24, 2.45) is 0 Å². The van der Waals surface area contributed by atoms with Crippen molar-refractivity contribution in [1.82, 2.24) is 4.90 Å². The number of carbonyl (C=O) groups excluding carboxylic acids is 2. The largest absolute Gasteiger partial charge is 0.332 e. The van der Waals surface area contributed by atoms with Crippen molar-refractivity contribution < 1.29 is 18.4 Å². The average Bonchev–Trinajstić information content (AvgIpc) is 2.64. The standard InChI is InChI=1S/C13H12F2N2O2/c14-8-4-3-5-9(15)11(8)17-12(18)10-6-1-2-7-16(10)13(17)19/h3-5,10H,1-2,6-7H2/t10-/m0/s1. The van der Waals surface area contributed by atoms with Gasteiger partial charge in [0, 0.05) is 6.54 Å². The molecule has 0 bridgehead atoms. The minimum absolute atomic E-state index is 0.460. The predicted molar refractivity (Wildman–Crippen MR) is 63.6 cm³/mol. The second-order valence-electron chi connectivity index (χ2n) is 4.73. The van der Waals surface area contributed by atoms with Crippen LogP contribution < -0.4 is 4.90 Å². The monoisotopic (exact) mass is 266 g/mol. The summed E-state index contributed by atoms with van der Waals surface area (Å²) in [5, 5.41) is 0. The molecule has 19 heavy (non-hydrogen) atoms. The number of anilines is 1. The van der Waals surface area contributed by atoms with Crippen molar-refractivity contribution in [2.45, 2.75) is 25.3 Å². The van der Waals surface area contributed by atoms with Crippen LogP contribution in [0.25, 0.3) is 0 Å². The molecule has 1 aromatic carbocycles. The Morgan fingerprint density at radius 1 is 1.11 bits per heavy atom. The van der Waals surface area contributed by atoms with Crippen LogP contribution in [0, 0.1) is 11.6 Å². The quantitative estimate of drug-likeness (QED) is 0.732. The molecule has 2 aliphatic heterocycles. The predicted octanol–water partition coefficient (Wildman–Crippen LogP) is 2.29. The van der Waals surface area contributed by atoms with E-state index in [9.17, 15) is 18.4 Å². The summed E-state index contributed by atoms with van der Waals surface area (Å²) in [6.45, 7) is 0.460. The second kappa shape index (κ2) is 4.29. The number of para-hydroxylation sites is 1. The summed E-state index contributed by atoms with van der Waals surface area (Å²) in [6, 6.07) is 2.08. The first kappa shape index (κ1) is 12.1. The summed E-state index contributed by atoms with van der Waals surface area (Å²) in [6.07, 6.45) is 2.20. The highest BCUT2D eigenvalue weighted by molar-refractivity contribution is 6.21. The van der Waals surface area contributed by atoms with Gasteiger partial charge < -0.3 is 4.90 Å². The van der Waals surface area contributed by atoms with E-state index in [1.165, 1.54) is 11.0 Å². The molecule has 2 heterocycles. The smallest absolute Gasteiger partial charge is 0.312 e. The maximum absolute atomic E-state index is 13.7. The van der Waals surface area contributed by atoms with E-state index in [4.69, 9.17) is 0 Å². The van der Waals surface area contributed by atoms with Crippen LogP contribution in [0.1, 0.15) is 19.3 Å². The lowest BCUT2D eigenvalue weighted by atomic mass is 10.0. The minimum atomic E-state index is -0.901. The lowest BCUT2D eigenvalue weighted by molar-refractivity contribution is -0.120. The zero-order valence-corrected chi connectivity index (χ0v) is 10.1. The average molecular weight is 266 g/mol. The van der Waals surface area contributed by atoms with Gasteiger partial charge in [-0.3, -0.25) is 4.79 Å². The number of rotatable bonds is 1. The van der Waals surface area contributed by atoms with Gasteiger partial charge in [0.15, 0.2) is 0 Å². The van der Waals surface area contributed by atoms with E-state index in [1.807, 2.05) is 0 Å². The van der Waals surface area contributed by atoms with Gasteiger partial charge in [-0.25, -0.2) is 18.5 Å². The maximum Gasteiger partial charge on any atom is 0.332 e. The summed E-state index contributed by atoms with van der Waals surface area (Å²) in [4.78, 5) is 26.4. The molecule has 0 aliphatic carbocycles. The minimum Gasteiger partial charge on any atom is -0.312 e. The summed E-state index contributed by atoms with van der Waals surface area (Å²) in [5.41, 5.74) is -0.563. The number of benzene rings is 1. The molecule has 0 spiro atoms. The van der Waals surface area contributed by atoms with E-state index in [0.29, 0.717) is 17.9 Å². The Bertz CT molecular complexity index is 517. The Hall–Kier alpha value is -1.98. The van der Waals surface area contributed by atoms with Crippen molar-refractivity contribution in [3.8, 4) is 0 Å². The molecular weight excluding hydrogens is 254 g/mol. The highest BCUT2D eigenvalue weighted by atomic mass is 19.1. The summed E-state index contributed by atoms with van der Waals surface area (Å²) in [7, 11) is 0. The summed E-state index contributed by atoms with van der Waals surface area (Å²) in [5.74, 6) is -2.34.